The number of fused-ring (bicyclic) bond motifs is 1. The van der Waals surface area contributed by atoms with Crippen molar-refractivity contribution in [3.05, 3.63) is 35.5 Å². The second-order valence-electron chi connectivity index (χ2n) is 3.66. The summed E-state index contributed by atoms with van der Waals surface area (Å²) in [6.45, 7) is 0.830. The van der Waals surface area contributed by atoms with Crippen LogP contribution in [0.1, 0.15) is 16.1 Å². The summed E-state index contributed by atoms with van der Waals surface area (Å²) in [6.07, 6.45) is -2.65. The topological polar surface area (TPSA) is 42.1 Å². The van der Waals surface area contributed by atoms with Crippen molar-refractivity contribution in [2.24, 2.45) is 0 Å². The van der Waals surface area contributed by atoms with E-state index in [1.54, 1.807) is 19.1 Å². The van der Waals surface area contributed by atoms with Crippen molar-refractivity contribution < 1.29 is 18.3 Å². The monoisotopic (exact) mass is 239 g/mol. The van der Waals surface area contributed by atoms with Crippen molar-refractivity contribution in [3.63, 3.8) is 0 Å². The molecule has 0 atom stereocenters. The number of halogens is 2. The van der Waals surface area contributed by atoms with Crippen molar-refractivity contribution in [1.82, 2.24) is 4.98 Å². The maximum atomic E-state index is 12.0. The Labute approximate surface area is 96.4 Å². The van der Waals surface area contributed by atoms with E-state index in [4.69, 9.17) is 0 Å². The Morgan fingerprint density at radius 1 is 1.41 bits per heavy atom. The minimum atomic E-state index is -2.65. The third-order valence-electron chi connectivity index (χ3n) is 2.44. The molecule has 0 bridgehead atoms. The number of nitrogens with one attached hydrogen (secondary N) is 1. The highest BCUT2D eigenvalue weighted by molar-refractivity contribution is 6.05. The minimum Gasteiger partial charge on any atom is -0.456 e. The van der Waals surface area contributed by atoms with Crippen LogP contribution in [-0.2, 0) is 4.74 Å². The lowest BCUT2D eigenvalue weighted by Crippen LogP contribution is -2.12. The standard InChI is InChI=1S/C12H11F2NO2/c1-7-11(12(16)17-6-10(13)14)8-4-2-3-5-9(8)15-7/h2-5,10,15H,6H2,1H3. The first-order valence-corrected chi connectivity index (χ1v) is 5.12. The van der Waals surface area contributed by atoms with Crippen molar-refractivity contribution in [3.8, 4) is 0 Å². The maximum absolute atomic E-state index is 12.0. The molecular weight excluding hydrogens is 228 g/mol. The zero-order valence-electron chi connectivity index (χ0n) is 9.17. The fourth-order valence-electron chi connectivity index (χ4n) is 1.75. The fourth-order valence-corrected chi connectivity index (χ4v) is 1.75. The maximum Gasteiger partial charge on any atom is 0.340 e. The predicted molar refractivity (Wildman–Crippen MR) is 59.3 cm³/mol. The number of para-hydroxylation sites is 1. The summed E-state index contributed by atoms with van der Waals surface area (Å²) in [4.78, 5) is 14.7. The molecule has 1 aromatic heterocycles. The van der Waals surface area contributed by atoms with Crippen molar-refractivity contribution in [2.75, 3.05) is 6.61 Å². The Bertz CT molecular complexity index is 548. The smallest absolute Gasteiger partial charge is 0.340 e. The summed E-state index contributed by atoms with van der Waals surface area (Å²) in [7, 11) is 0. The van der Waals surface area contributed by atoms with Gasteiger partial charge in [0.1, 0.15) is 0 Å². The van der Waals surface area contributed by atoms with Gasteiger partial charge in [0.25, 0.3) is 6.43 Å². The molecule has 1 heterocycles. The summed E-state index contributed by atoms with van der Waals surface area (Å²) in [6, 6.07) is 7.16. The zero-order chi connectivity index (χ0) is 12.4. The number of aromatic amines is 1. The number of carbonyl (C=O) groups is 1. The highest BCUT2D eigenvalue weighted by Crippen LogP contribution is 2.22. The molecule has 0 saturated heterocycles. The molecule has 0 spiro atoms. The fraction of sp³-hybridized carbons (Fsp3) is 0.250. The summed E-state index contributed by atoms with van der Waals surface area (Å²) in [5.41, 5.74) is 1.72. The summed E-state index contributed by atoms with van der Waals surface area (Å²) < 4.78 is 28.5. The van der Waals surface area contributed by atoms with Crippen LogP contribution in [0.3, 0.4) is 0 Å². The molecule has 0 amide bonds. The minimum absolute atomic E-state index is 0.321. The number of rotatable bonds is 3. The SMILES string of the molecule is Cc1[nH]c2ccccc2c1C(=O)OCC(F)F. The third kappa shape index (κ3) is 2.27. The van der Waals surface area contributed by atoms with Crippen LogP contribution >= 0.6 is 0 Å². The van der Waals surface area contributed by atoms with Gasteiger partial charge < -0.3 is 9.72 Å². The summed E-state index contributed by atoms with van der Waals surface area (Å²) in [5, 5.41) is 0.685. The molecule has 0 aliphatic heterocycles. The number of ether oxygens (including phenoxy) is 1. The molecule has 0 aliphatic rings. The predicted octanol–water partition coefficient (Wildman–Crippen LogP) is 2.90. The van der Waals surface area contributed by atoms with E-state index in [9.17, 15) is 13.6 Å². The van der Waals surface area contributed by atoms with Gasteiger partial charge in [-0.25, -0.2) is 13.6 Å². The van der Waals surface area contributed by atoms with Crippen LogP contribution in [0, 0.1) is 6.92 Å². The number of alkyl halides is 2. The Hall–Kier alpha value is -1.91. The second-order valence-corrected chi connectivity index (χ2v) is 3.66. The van der Waals surface area contributed by atoms with E-state index in [1.807, 2.05) is 12.1 Å². The Kier molecular flexibility index (Phi) is 3.08. The van der Waals surface area contributed by atoms with Gasteiger partial charge in [-0.1, -0.05) is 18.2 Å². The molecule has 90 valence electrons. The van der Waals surface area contributed by atoms with Crippen LogP contribution in [0.2, 0.25) is 0 Å². The van der Waals surface area contributed by atoms with Crippen LogP contribution in [0.25, 0.3) is 10.9 Å². The van der Waals surface area contributed by atoms with Crippen LogP contribution in [-0.4, -0.2) is 24.0 Å². The number of hydrogen-bond acceptors (Lipinski definition) is 2. The van der Waals surface area contributed by atoms with Gasteiger partial charge in [-0.3, -0.25) is 0 Å². The molecular formula is C12H11F2NO2. The van der Waals surface area contributed by atoms with E-state index in [0.717, 1.165) is 5.52 Å². The number of esters is 1. The summed E-state index contributed by atoms with van der Waals surface area (Å²) >= 11 is 0. The first-order valence-electron chi connectivity index (χ1n) is 5.12. The zero-order valence-corrected chi connectivity index (χ0v) is 9.17. The summed E-state index contributed by atoms with van der Waals surface area (Å²) in [5.74, 6) is -0.722. The first-order chi connectivity index (χ1) is 8.09. The lowest BCUT2D eigenvalue weighted by molar-refractivity contribution is 0.0161. The Morgan fingerprint density at radius 3 is 2.82 bits per heavy atom. The number of aromatic nitrogens is 1. The quantitative estimate of drug-likeness (QED) is 0.837. The van der Waals surface area contributed by atoms with Gasteiger partial charge in [-0.05, 0) is 13.0 Å². The molecule has 2 aromatic rings. The van der Waals surface area contributed by atoms with E-state index in [1.165, 1.54) is 0 Å². The average molecular weight is 239 g/mol. The van der Waals surface area contributed by atoms with Gasteiger partial charge in [0.15, 0.2) is 6.61 Å². The van der Waals surface area contributed by atoms with Crippen molar-refractivity contribution in [1.29, 1.82) is 0 Å². The van der Waals surface area contributed by atoms with Crippen LogP contribution in [0.4, 0.5) is 8.78 Å². The molecule has 1 N–H and O–H groups in total. The van der Waals surface area contributed by atoms with Gasteiger partial charge in [0, 0.05) is 16.6 Å². The van der Waals surface area contributed by atoms with Gasteiger partial charge in [0.05, 0.1) is 5.56 Å². The lowest BCUT2D eigenvalue weighted by atomic mass is 10.1. The van der Waals surface area contributed by atoms with Crippen LogP contribution < -0.4 is 0 Å². The Balaban J connectivity index is 2.34. The van der Waals surface area contributed by atoms with E-state index in [2.05, 4.69) is 9.72 Å². The molecule has 0 fully saturated rings. The molecule has 2 rings (SSSR count). The number of carbonyl (C=O) groups excluding carboxylic acids is 1. The van der Waals surface area contributed by atoms with Crippen LogP contribution in [0.15, 0.2) is 24.3 Å². The largest absolute Gasteiger partial charge is 0.456 e. The Morgan fingerprint density at radius 2 is 2.12 bits per heavy atom. The molecule has 0 radical (unpaired) electrons. The third-order valence-corrected chi connectivity index (χ3v) is 2.44. The van der Waals surface area contributed by atoms with E-state index in [-0.39, 0.29) is 0 Å². The first kappa shape index (κ1) is 11.6. The van der Waals surface area contributed by atoms with Crippen LogP contribution in [0.5, 0.6) is 0 Å². The van der Waals surface area contributed by atoms with Gasteiger partial charge in [-0.2, -0.15) is 0 Å². The second kappa shape index (κ2) is 4.53. The van der Waals surface area contributed by atoms with Gasteiger partial charge in [-0.15, -0.1) is 0 Å². The molecule has 3 nitrogen and oxygen atoms in total. The van der Waals surface area contributed by atoms with E-state index >= 15 is 0 Å². The van der Waals surface area contributed by atoms with Crippen molar-refractivity contribution >= 4 is 16.9 Å². The molecule has 0 saturated carbocycles. The number of hydrogen-bond donors (Lipinski definition) is 1. The highest BCUT2D eigenvalue weighted by Gasteiger charge is 2.18. The lowest BCUT2D eigenvalue weighted by Gasteiger charge is -2.03. The number of H-pyrrole nitrogens is 1. The molecule has 5 heteroatoms. The van der Waals surface area contributed by atoms with E-state index < -0.39 is 19.0 Å². The molecule has 0 aliphatic carbocycles. The molecule has 1 aromatic carbocycles. The average Bonchev–Trinajstić information content (AvgIpc) is 2.61. The van der Waals surface area contributed by atoms with Gasteiger partial charge in [0.2, 0.25) is 0 Å². The highest BCUT2D eigenvalue weighted by atomic mass is 19.3. The number of benzene rings is 1. The number of aryl methyl sites for hydroxylation is 1. The molecule has 0 unspecified atom stereocenters. The van der Waals surface area contributed by atoms with Crippen molar-refractivity contribution in [2.45, 2.75) is 13.3 Å². The normalized spacial score (nSPS) is 11.1. The van der Waals surface area contributed by atoms with E-state index in [0.29, 0.717) is 16.6 Å². The van der Waals surface area contributed by atoms with Gasteiger partial charge >= 0.3 is 5.97 Å². The molecule has 17 heavy (non-hydrogen) atoms.